The normalized spacial score (nSPS) is 24.3. The highest BCUT2D eigenvalue weighted by molar-refractivity contribution is 5.92. The van der Waals surface area contributed by atoms with Gasteiger partial charge in [0.05, 0.1) is 12.2 Å². The molecule has 0 bridgehead atoms. The number of aliphatic hydroxyl groups is 2. The Labute approximate surface area is 187 Å². The summed E-state index contributed by atoms with van der Waals surface area (Å²) in [6, 6.07) is 8.90. The highest BCUT2D eigenvalue weighted by Gasteiger charge is 2.41. The predicted octanol–water partition coefficient (Wildman–Crippen LogP) is 0.838. The number of aliphatic hydroxyl groups excluding tert-OH is 2. The Balaban J connectivity index is 1.53. The third kappa shape index (κ3) is 4.78. The second-order valence-corrected chi connectivity index (χ2v) is 8.95. The number of para-hydroxylation sites is 1. The molecule has 0 radical (unpaired) electrons. The van der Waals surface area contributed by atoms with E-state index in [2.05, 4.69) is 10.2 Å². The predicted molar refractivity (Wildman–Crippen MR) is 116 cm³/mol. The van der Waals surface area contributed by atoms with Crippen molar-refractivity contribution in [1.29, 1.82) is 0 Å². The van der Waals surface area contributed by atoms with E-state index in [9.17, 15) is 19.8 Å². The van der Waals surface area contributed by atoms with Crippen LogP contribution >= 0.6 is 0 Å². The number of nitrogens with one attached hydrogen (secondary N) is 1. The zero-order valence-corrected chi connectivity index (χ0v) is 18.2. The van der Waals surface area contributed by atoms with Crippen LogP contribution in [0.3, 0.4) is 0 Å². The fourth-order valence-electron chi connectivity index (χ4n) is 4.75. The Morgan fingerprint density at radius 3 is 2.66 bits per heavy atom. The van der Waals surface area contributed by atoms with Crippen molar-refractivity contribution >= 4 is 11.8 Å². The van der Waals surface area contributed by atoms with Crippen LogP contribution < -0.4 is 4.74 Å². The second-order valence-electron chi connectivity index (χ2n) is 8.95. The number of piperidine rings is 1. The monoisotopic (exact) mass is 442 g/mol. The zero-order valence-electron chi connectivity index (χ0n) is 18.2. The summed E-state index contributed by atoms with van der Waals surface area (Å²) in [4.78, 5) is 28.8. The first kappa shape index (κ1) is 22.3. The van der Waals surface area contributed by atoms with Gasteiger partial charge in [-0.25, -0.2) is 0 Å². The Morgan fingerprint density at radius 2 is 1.94 bits per heavy atom. The van der Waals surface area contributed by atoms with Crippen molar-refractivity contribution in [2.75, 3.05) is 33.3 Å². The number of hydrogen-bond acceptors (Lipinski definition) is 6. The van der Waals surface area contributed by atoms with E-state index >= 15 is 0 Å². The molecule has 1 spiro atoms. The second kappa shape index (κ2) is 9.30. The molecule has 1 aromatic carbocycles. The first-order valence-corrected chi connectivity index (χ1v) is 11.0. The number of aromatic amines is 1. The summed E-state index contributed by atoms with van der Waals surface area (Å²) in [6.07, 6.45) is 1.45. The number of carbonyl (C=O) groups excluding carboxylic acids is 2. The molecule has 0 saturated carbocycles. The van der Waals surface area contributed by atoms with Gasteiger partial charge < -0.3 is 24.7 Å². The topological polar surface area (TPSA) is 119 Å². The quantitative estimate of drug-likeness (QED) is 0.602. The van der Waals surface area contributed by atoms with Gasteiger partial charge in [-0.05, 0) is 42.4 Å². The Hall–Kier alpha value is -2.91. The van der Waals surface area contributed by atoms with E-state index in [1.54, 1.807) is 35.2 Å². The van der Waals surface area contributed by atoms with Crippen LogP contribution in [0, 0.1) is 5.41 Å². The van der Waals surface area contributed by atoms with Gasteiger partial charge in [-0.1, -0.05) is 18.2 Å². The molecule has 4 rings (SSSR count). The minimum Gasteiger partial charge on any atom is -0.483 e. The van der Waals surface area contributed by atoms with Gasteiger partial charge in [-0.15, -0.1) is 0 Å². The minimum atomic E-state index is -0.958. The molecular formula is C23H30N4O5. The molecule has 1 saturated heterocycles. The zero-order chi connectivity index (χ0) is 22.7. The molecular weight excluding hydrogens is 412 g/mol. The highest BCUT2D eigenvalue weighted by atomic mass is 16.5. The molecule has 1 aromatic heterocycles. The summed E-state index contributed by atoms with van der Waals surface area (Å²) in [6.45, 7) is 1.34. The number of fused-ring (bicyclic) bond motifs is 1. The number of H-pyrrole nitrogens is 1. The molecule has 9 heteroatoms. The molecule has 2 aliphatic heterocycles. The lowest BCUT2D eigenvalue weighted by molar-refractivity contribution is -0.135. The molecule has 3 heterocycles. The molecule has 3 N–H and O–H groups in total. The fraction of sp³-hybridized carbons (Fsp3) is 0.522. The number of amides is 2. The van der Waals surface area contributed by atoms with E-state index in [0.717, 1.165) is 5.56 Å². The van der Waals surface area contributed by atoms with E-state index in [0.29, 0.717) is 50.3 Å². The lowest BCUT2D eigenvalue weighted by Crippen LogP contribution is -2.51. The van der Waals surface area contributed by atoms with Crippen LogP contribution in [0.15, 0.2) is 36.5 Å². The third-order valence-corrected chi connectivity index (χ3v) is 6.68. The van der Waals surface area contributed by atoms with Gasteiger partial charge in [-0.2, -0.15) is 5.10 Å². The Kier molecular flexibility index (Phi) is 6.48. The largest absolute Gasteiger partial charge is 0.483 e. The van der Waals surface area contributed by atoms with E-state index in [1.807, 2.05) is 18.2 Å². The standard InChI is InChI=1S/C23H30N4O5/c1-26-15-23(7-10-27(11-8-23)22(31)17-6-9-24-25-17)13-19(29)18(28)12-16-4-2-3-5-20(16)32-14-21(26)30/h2-6,9,18-19,28-29H,7-8,10-15H2,1H3,(H,24,25)/t18-,19+/m0/s1. The van der Waals surface area contributed by atoms with Crippen LogP contribution in [-0.4, -0.2) is 87.5 Å². The molecule has 32 heavy (non-hydrogen) atoms. The van der Waals surface area contributed by atoms with Crippen molar-refractivity contribution in [2.24, 2.45) is 5.41 Å². The maximum absolute atomic E-state index is 12.8. The van der Waals surface area contributed by atoms with Crippen molar-refractivity contribution in [3.63, 3.8) is 0 Å². The molecule has 2 atom stereocenters. The lowest BCUT2D eigenvalue weighted by Gasteiger charge is -2.45. The van der Waals surface area contributed by atoms with Crippen LogP contribution in [0.1, 0.15) is 35.3 Å². The molecule has 9 nitrogen and oxygen atoms in total. The number of likely N-dealkylation sites (N-methyl/N-ethyl adjacent to an activating group) is 1. The smallest absolute Gasteiger partial charge is 0.271 e. The minimum absolute atomic E-state index is 0.0906. The molecule has 0 unspecified atom stereocenters. The summed E-state index contributed by atoms with van der Waals surface area (Å²) in [5.74, 6) is 0.285. The Morgan fingerprint density at radius 1 is 1.19 bits per heavy atom. The molecule has 2 amide bonds. The first-order chi connectivity index (χ1) is 15.4. The maximum atomic E-state index is 12.8. The fourth-order valence-corrected chi connectivity index (χ4v) is 4.75. The van der Waals surface area contributed by atoms with Gasteiger partial charge in [0.25, 0.3) is 11.8 Å². The van der Waals surface area contributed by atoms with Crippen molar-refractivity contribution in [3.05, 3.63) is 47.8 Å². The summed E-state index contributed by atoms with van der Waals surface area (Å²) in [5, 5.41) is 28.2. The summed E-state index contributed by atoms with van der Waals surface area (Å²) < 4.78 is 5.75. The van der Waals surface area contributed by atoms with Gasteiger partial charge in [0, 0.05) is 39.3 Å². The average Bonchev–Trinajstić information content (AvgIpc) is 3.32. The van der Waals surface area contributed by atoms with Crippen LogP contribution in [0.2, 0.25) is 0 Å². The molecule has 172 valence electrons. The molecule has 2 aliphatic rings. The van der Waals surface area contributed by atoms with E-state index in [1.165, 1.54) is 0 Å². The van der Waals surface area contributed by atoms with Crippen LogP contribution in [0.4, 0.5) is 0 Å². The van der Waals surface area contributed by atoms with E-state index in [-0.39, 0.29) is 24.8 Å². The maximum Gasteiger partial charge on any atom is 0.271 e. The van der Waals surface area contributed by atoms with Crippen molar-refractivity contribution in [3.8, 4) is 5.75 Å². The SMILES string of the molecule is CN1CC2(CCN(C(=O)c3ccn[nH]3)CC2)C[C@@H](O)[C@@H](O)Cc2ccccc2OCC1=O. The number of rotatable bonds is 1. The van der Waals surface area contributed by atoms with Gasteiger partial charge in [0.2, 0.25) is 0 Å². The number of nitrogens with zero attached hydrogens (tertiary/aromatic N) is 3. The van der Waals surface area contributed by atoms with Gasteiger partial charge in [0.15, 0.2) is 6.61 Å². The number of hydrogen-bond donors (Lipinski definition) is 3. The van der Waals surface area contributed by atoms with Crippen molar-refractivity contribution in [2.45, 2.75) is 37.9 Å². The highest BCUT2D eigenvalue weighted by Crippen LogP contribution is 2.38. The summed E-state index contributed by atoms with van der Waals surface area (Å²) >= 11 is 0. The summed E-state index contributed by atoms with van der Waals surface area (Å²) in [5.41, 5.74) is 0.788. The summed E-state index contributed by atoms with van der Waals surface area (Å²) in [7, 11) is 1.73. The van der Waals surface area contributed by atoms with E-state index < -0.39 is 17.6 Å². The molecule has 1 fully saturated rings. The molecule has 0 aliphatic carbocycles. The molecule has 2 aromatic rings. The van der Waals surface area contributed by atoms with Crippen molar-refractivity contribution < 1.29 is 24.5 Å². The van der Waals surface area contributed by atoms with Crippen LogP contribution in [0.5, 0.6) is 5.75 Å². The van der Waals surface area contributed by atoms with Crippen LogP contribution in [-0.2, 0) is 11.2 Å². The average molecular weight is 443 g/mol. The van der Waals surface area contributed by atoms with Crippen LogP contribution in [0.25, 0.3) is 0 Å². The van der Waals surface area contributed by atoms with Gasteiger partial charge in [0.1, 0.15) is 11.4 Å². The number of ether oxygens (including phenoxy) is 1. The van der Waals surface area contributed by atoms with Crippen molar-refractivity contribution in [1.82, 2.24) is 20.0 Å². The number of carbonyl (C=O) groups is 2. The number of benzene rings is 1. The number of aromatic nitrogens is 2. The third-order valence-electron chi connectivity index (χ3n) is 6.68. The van der Waals surface area contributed by atoms with Gasteiger partial charge in [-0.3, -0.25) is 14.7 Å². The van der Waals surface area contributed by atoms with Gasteiger partial charge >= 0.3 is 0 Å². The number of likely N-dealkylation sites (tertiary alicyclic amines) is 1. The Bertz CT molecular complexity index is 940. The lowest BCUT2D eigenvalue weighted by atomic mass is 9.72. The van der Waals surface area contributed by atoms with E-state index in [4.69, 9.17) is 4.74 Å². The first-order valence-electron chi connectivity index (χ1n) is 11.0.